The molecule has 3 aromatic rings. The van der Waals surface area contributed by atoms with Gasteiger partial charge in [-0.2, -0.15) is 5.10 Å². The standard InChI is InChI=1S/C19H18ClN5OS/c1-2-25-18(15-6-4-3-5-7-15)23-24-19(25)27-13-17(26)22-21-12-14-8-10-16(20)11-9-14/h3-12H,2,13H2,1H3,(H,22,26)/b21-12-. The van der Waals surface area contributed by atoms with Crippen molar-refractivity contribution < 1.29 is 4.79 Å². The number of hydrogen-bond donors (Lipinski definition) is 1. The minimum Gasteiger partial charge on any atom is -0.302 e. The Balaban J connectivity index is 1.57. The minimum absolute atomic E-state index is 0.199. The zero-order valence-corrected chi connectivity index (χ0v) is 16.2. The zero-order chi connectivity index (χ0) is 19.1. The fourth-order valence-electron chi connectivity index (χ4n) is 2.37. The van der Waals surface area contributed by atoms with Gasteiger partial charge in [0.05, 0.1) is 12.0 Å². The van der Waals surface area contributed by atoms with Crippen molar-refractivity contribution in [3.05, 3.63) is 65.2 Å². The van der Waals surface area contributed by atoms with E-state index in [2.05, 4.69) is 20.7 Å². The van der Waals surface area contributed by atoms with Crippen LogP contribution in [-0.2, 0) is 11.3 Å². The van der Waals surface area contributed by atoms with Crippen LogP contribution in [-0.4, -0.2) is 32.6 Å². The molecule has 8 heteroatoms. The van der Waals surface area contributed by atoms with Crippen LogP contribution in [0.5, 0.6) is 0 Å². The van der Waals surface area contributed by atoms with Gasteiger partial charge in [0, 0.05) is 17.1 Å². The van der Waals surface area contributed by atoms with E-state index in [9.17, 15) is 4.79 Å². The van der Waals surface area contributed by atoms with Gasteiger partial charge in [0.1, 0.15) is 0 Å². The van der Waals surface area contributed by atoms with Gasteiger partial charge in [-0.25, -0.2) is 5.43 Å². The Morgan fingerprint density at radius 3 is 2.63 bits per heavy atom. The number of hydrazone groups is 1. The largest absolute Gasteiger partial charge is 0.302 e. The van der Waals surface area contributed by atoms with Gasteiger partial charge in [-0.05, 0) is 24.6 Å². The van der Waals surface area contributed by atoms with Crippen LogP contribution < -0.4 is 5.43 Å². The molecule has 2 aromatic carbocycles. The van der Waals surface area contributed by atoms with Gasteiger partial charge in [0.2, 0.25) is 0 Å². The number of nitrogens with one attached hydrogen (secondary N) is 1. The molecule has 0 aliphatic carbocycles. The molecule has 0 aliphatic heterocycles. The lowest BCUT2D eigenvalue weighted by Gasteiger charge is -2.06. The molecule has 6 nitrogen and oxygen atoms in total. The van der Waals surface area contributed by atoms with E-state index in [-0.39, 0.29) is 11.7 Å². The van der Waals surface area contributed by atoms with Gasteiger partial charge >= 0.3 is 0 Å². The normalized spacial score (nSPS) is 11.0. The molecule has 3 rings (SSSR count). The van der Waals surface area contributed by atoms with Crippen molar-refractivity contribution in [1.82, 2.24) is 20.2 Å². The van der Waals surface area contributed by atoms with Crippen LogP contribution in [0.15, 0.2) is 64.9 Å². The van der Waals surface area contributed by atoms with Gasteiger partial charge in [-0.15, -0.1) is 10.2 Å². The van der Waals surface area contributed by atoms with Crippen molar-refractivity contribution in [3.8, 4) is 11.4 Å². The SMILES string of the molecule is CCn1c(SCC(=O)N/N=C\c2ccc(Cl)cc2)nnc1-c1ccccc1. The van der Waals surface area contributed by atoms with E-state index in [4.69, 9.17) is 11.6 Å². The molecule has 0 fully saturated rings. The predicted molar refractivity (Wildman–Crippen MR) is 109 cm³/mol. The maximum Gasteiger partial charge on any atom is 0.250 e. The first-order valence-electron chi connectivity index (χ1n) is 8.36. The maximum atomic E-state index is 12.0. The lowest BCUT2D eigenvalue weighted by atomic mass is 10.2. The molecule has 0 spiro atoms. The molecule has 138 valence electrons. The van der Waals surface area contributed by atoms with Crippen LogP contribution in [0.1, 0.15) is 12.5 Å². The van der Waals surface area contributed by atoms with Gasteiger partial charge in [0.25, 0.3) is 5.91 Å². The van der Waals surface area contributed by atoms with E-state index in [1.54, 1.807) is 18.3 Å². The molecule has 1 aromatic heterocycles. The highest BCUT2D eigenvalue weighted by Crippen LogP contribution is 2.23. The minimum atomic E-state index is -0.211. The van der Waals surface area contributed by atoms with Gasteiger partial charge in [-0.1, -0.05) is 65.8 Å². The van der Waals surface area contributed by atoms with E-state index in [0.717, 1.165) is 23.5 Å². The smallest absolute Gasteiger partial charge is 0.250 e. The molecule has 1 amide bonds. The fourth-order valence-corrected chi connectivity index (χ4v) is 3.29. The van der Waals surface area contributed by atoms with Crippen LogP contribution in [0.25, 0.3) is 11.4 Å². The van der Waals surface area contributed by atoms with E-state index in [1.165, 1.54) is 11.8 Å². The van der Waals surface area contributed by atoms with Gasteiger partial charge in [0.15, 0.2) is 11.0 Å². The first-order valence-corrected chi connectivity index (χ1v) is 9.72. The van der Waals surface area contributed by atoms with Crippen molar-refractivity contribution in [2.45, 2.75) is 18.6 Å². The van der Waals surface area contributed by atoms with E-state index < -0.39 is 0 Å². The molecular formula is C19H18ClN5OS. The molecule has 0 atom stereocenters. The van der Waals surface area contributed by atoms with Gasteiger partial charge < -0.3 is 4.57 Å². The van der Waals surface area contributed by atoms with Crippen molar-refractivity contribution in [2.75, 3.05) is 5.75 Å². The Kier molecular flexibility index (Phi) is 6.62. The van der Waals surface area contributed by atoms with Crippen molar-refractivity contribution >= 4 is 35.5 Å². The van der Waals surface area contributed by atoms with Crippen LogP contribution >= 0.6 is 23.4 Å². The molecule has 0 unspecified atom stereocenters. The first kappa shape index (κ1) is 19.1. The molecule has 27 heavy (non-hydrogen) atoms. The third-order valence-corrected chi connectivity index (χ3v) is 4.89. The number of amides is 1. The summed E-state index contributed by atoms with van der Waals surface area (Å²) in [6.45, 7) is 2.74. The second-order valence-corrected chi connectivity index (χ2v) is 6.93. The number of halogens is 1. The number of rotatable bonds is 7. The van der Waals surface area contributed by atoms with Crippen LogP contribution in [0.4, 0.5) is 0 Å². The highest BCUT2D eigenvalue weighted by molar-refractivity contribution is 7.99. The quantitative estimate of drug-likeness (QED) is 0.372. The Hall–Kier alpha value is -2.64. The summed E-state index contributed by atoms with van der Waals surface area (Å²) in [5.41, 5.74) is 4.36. The average molecular weight is 400 g/mol. The second-order valence-electron chi connectivity index (χ2n) is 5.55. The highest BCUT2D eigenvalue weighted by atomic mass is 35.5. The summed E-state index contributed by atoms with van der Waals surface area (Å²) in [5.74, 6) is 0.782. The number of hydrogen-bond acceptors (Lipinski definition) is 5. The molecule has 0 bridgehead atoms. The number of aromatic nitrogens is 3. The summed E-state index contributed by atoms with van der Waals surface area (Å²) in [6, 6.07) is 17.0. The lowest BCUT2D eigenvalue weighted by molar-refractivity contribution is -0.118. The van der Waals surface area contributed by atoms with E-state index in [0.29, 0.717) is 10.2 Å². The number of thioether (sulfide) groups is 1. The number of benzene rings is 2. The predicted octanol–water partition coefficient (Wildman–Crippen LogP) is 3.86. The lowest BCUT2D eigenvalue weighted by Crippen LogP contribution is -2.20. The Morgan fingerprint density at radius 2 is 1.93 bits per heavy atom. The summed E-state index contributed by atoms with van der Waals surface area (Å²) in [7, 11) is 0. The summed E-state index contributed by atoms with van der Waals surface area (Å²) < 4.78 is 1.99. The number of nitrogens with zero attached hydrogens (tertiary/aromatic N) is 4. The fraction of sp³-hybridized carbons (Fsp3) is 0.158. The summed E-state index contributed by atoms with van der Waals surface area (Å²) in [5, 5.41) is 13.8. The molecule has 1 heterocycles. The van der Waals surface area contributed by atoms with Crippen molar-refractivity contribution in [1.29, 1.82) is 0 Å². The topological polar surface area (TPSA) is 72.2 Å². The molecule has 0 radical (unpaired) electrons. The summed E-state index contributed by atoms with van der Waals surface area (Å²) in [4.78, 5) is 12.0. The monoisotopic (exact) mass is 399 g/mol. The molecule has 0 saturated carbocycles. The Labute approximate surface area is 166 Å². The molecule has 0 saturated heterocycles. The van der Waals surface area contributed by atoms with E-state index in [1.807, 2.05) is 54.0 Å². The zero-order valence-electron chi connectivity index (χ0n) is 14.7. The average Bonchev–Trinajstić information content (AvgIpc) is 3.11. The molecular weight excluding hydrogens is 382 g/mol. The molecule has 0 aliphatic rings. The second kappa shape index (κ2) is 9.34. The van der Waals surface area contributed by atoms with Crippen LogP contribution in [0, 0.1) is 0 Å². The summed E-state index contributed by atoms with van der Waals surface area (Å²) in [6.07, 6.45) is 1.57. The van der Waals surface area contributed by atoms with Gasteiger partial charge in [-0.3, -0.25) is 4.79 Å². The van der Waals surface area contributed by atoms with Crippen LogP contribution in [0.2, 0.25) is 5.02 Å². The third kappa shape index (κ3) is 5.18. The first-order chi connectivity index (χ1) is 13.2. The van der Waals surface area contributed by atoms with Crippen LogP contribution in [0.3, 0.4) is 0 Å². The maximum absolute atomic E-state index is 12.0. The molecule has 1 N–H and O–H groups in total. The van der Waals surface area contributed by atoms with E-state index >= 15 is 0 Å². The Bertz CT molecular complexity index is 925. The number of carbonyl (C=O) groups is 1. The van der Waals surface area contributed by atoms with Crippen molar-refractivity contribution in [2.24, 2.45) is 5.10 Å². The number of carbonyl (C=O) groups excluding carboxylic acids is 1. The van der Waals surface area contributed by atoms with Crippen molar-refractivity contribution in [3.63, 3.8) is 0 Å². The third-order valence-electron chi connectivity index (χ3n) is 3.67. The summed E-state index contributed by atoms with van der Waals surface area (Å²) >= 11 is 7.16. The highest BCUT2D eigenvalue weighted by Gasteiger charge is 2.14. The Morgan fingerprint density at radius 1 is 1.19 bits per heavy atom.